The Labute approximate surface area is 113 Å². The summed E-state index contributed by atoms with van der Waals surface area (Å²) < 4.78 is 0. The first-order chi connectivity index (χ1) is 8.88. The number of hydrogen-bond acceptors (Lipinski definition) is 3. The Morgan fingerprint density at radius 3 is 1.63 bits per heavy atom. The number of ketones is 2. The molecule has 0 N–H and O–H groups in total. The first-order valence-electron chi connectivity index (χ1n) is 6.60. The number of nitrogens with zero attached hydrogens (tertiary/aromatic N) is 1. The summed E-state index contributed by atoms with van der Waals surface area (Å²) in [5, 5.41) is 0. The van der Waals surface area contributed by atoms with Gasteiger partial charge in [-0.25, -0.2) is 0 Å². The van der Waals surface area contributed by atoms with Crippen molar-refractivity contribution in [2.45, 2.75) is 52.6 Å². The van der Waals surface area contributed by atoms with E-state index >= 15 is 0 Å². The fraction of sp³-hybridized carbons (Fsp3) is 0.533. The van der Waals surface area contributed by atoms with Crippen molar-refractivity contribution >= 4 is 18.0 Å². The second-order valence-electron chi connectivity index (χ2n) is 5.52. The van der Waals surface area contributed by atoms with Crippen molar-refractivity contribution in [1.82, 2.24) is 4.90 Å². The molecule has 0 fully saturated rings. The number of rotatable bonds is 1. The van der Waals surface area contributed by atoms with Gasteiger partial charge in [0.05, 0.1) is 0 Å². The number of hydrogen-bond donors (Lipinski definition) is 0. The molecule has 0 aromatic heterocycles. The molecule has 0 bridgehead atoms. The smallest absolute Gasteiger partial charge is 0.210 e. The van der Waals surface area contributed by atoms with Crippen molar-refractivity contribution in [2.75, 3.05) is 0 Å². The molecule has 0 aromatic rings. The topological polar surface area (TPSA) is 54.5 Å². The Hall–Kier alpha value is -1.71. The van der Waals surface area contributed by atoms with Crippen LogP contribution in [0.2, 0.25) is 0 Å². The van der Waals surface area contributed by atoms with E-state index in [0.29, 0.717) is 35.1 Å². The minimum absolute atomic E-state index is 0.0288. The number of allylic oxidation sites excluding steroid dienone is 2. The standard InChI is InChI=1S/C15H19NO3/c1-8-5-12-13(6-9(2)16(8)7-17)15(19)11(4)10(3)14(12)18/h7-9H,5-6H2,1-4H3. The van der Waals surface area contributed by atoms with Gasteiger partial charge in [0.15, 0.2) is 11.6 Å². The minimum Gasteiger partial charge on any atom is -0.339 e. The predicted octanol–water partition coefficient (Wildman–Crippen LogP) is 1.80. The first kappa shape index (κ1) is 13.7. The number of carbonyl (C=O) groups is 3. The Balaban J connectivity index is 2.48. The molecule has 4 nitrogen and oxygen atoms in total. The summed E-state index contributed by atoms with van der Waals surface area (Å²) in [6, 6.07) is -0.106. The lowest BCUT2D eigenvalue weighted by Crippen LogP contribution is -2.38. The van der Waals surface area contributed by atoms with Gasteiger partial charge >= 0.3 is 0 Å². The number of amides is 1. The zero-order chi connectivity index (χ0) is 14.3. The van der Waals surface area contributed by atoms with Crippen LogP contribution >= 0.6 is 0 Å². The van der Waals surface area contributed by atoms with Crippen LogP contribution in [0.4, 0.5) is 0 Å². The van der Waals surface area contributed by atoms with E-state index in [9.17, 15) is 14.4 Å². The summed E-state index contributed by atoms with van der Waals surface area (Å²) in [5.41, 5.74) is 2.31. The third kappa shape index (κ3) is 2.05. The van der Waals surface area contributed by atoms with Gasteiger partial charge in [-0.2, -0.15) is 0 Å². The van der Waals surface area contributed by atoms with Crippen LogP contribution in [0.25, 0.3) is 0 Å². The van der Waals surface area contributed by atoms with E-state index in [0.717, 1.165) is 6.41 Å². The summed E-state index contributed by atoms with van der Waals surface area (Å²) in [5.74, 6) is -0.0576. The molecule has 1 aliphatic carbocycles. The Kier molecular flexibility index (Phi) is 3.43. The molecule has 2 rings (SSSR count). The molecular formula is C15H19NO3. The van der Waals surface area contributed by atoms with Crippen molar-refractivity contribution in [2.24, 2.45) is 0 Å². The van der Waals surface area contributed by atoms with Crippen LogP contribution in [0.1, 0.15) is 40.5 Å². The fourth-order valence-corrected chi connectivity index (χ4v) is 2.94. The van der Waals surface area contributed by atoms with Gasteiger partial charge in [-0.3, -0.25) is 14.4 Å². The minimum atomic E-state index is -0.0528. The molecule has 2 unspecified atom stereocenters. The van der Waals surface area contributed by atoms with Crippen molar-refractivity contribution in [3.05, 3.63) is 22.3 Å². The Bertz CT molecular complexity index is 486. The Morgan fingerprint density at radius 2 is 1.32 bits per heavy atom. The highest BCUT2D eigenvalue weighted by Crippen LogP contribution is 2.34. The maximum atomic E-state index is 12.3. The molecule has 0 saturated carbocycles. The summed E-state index contributed by atoms with van der Waals surface area (Å²) in [6.07, 6.45) is 1.75. The van der Waals surface area contributed by atoms with Gasteiger partial charge in [0.25, 0.3) is 0 Å². The van der Waals surface area contributed by atoms with E-state index in [1.807, 2.05) is 13.8 Å². The second kappa shape index (κ2) is 4.76. The van der Waals surface area contributed by atoms with Crippen LogP contribution < -0.4 is 0 Å². The van der Waals surface area contributed by atoms with Gasteiger partial charge in [-0.1, -0.05) is 0 Å². The molecular weight excluding hydrogens is 242 g/mol. The summed E-state index contributed by atoms with van der Waals surface area (Å²) in [4.78, 5) is 37.5. The molecule has 4 heteroatoms. The molecule has 0 saturated heterocycles. The zero-order valence-electron chi connectivity index (χ0n) is 11.8. The molecule has 1 aliphatic heterocycles. The zero-order valence-corrected chi connectivity index (χ0v) is 11.8. The lowest BCUT2D eigenvalue weighted by Gasteiger charge is -2.28. The first-order valence-corrected chi connectivity index (χ1v) is 6.60. The SMILES string of the molecule is CC1=C(C)C(=O)C2=C(CC(C)N(C=O)C(C)C2)C1=O. The maximum Gasteiger partial charge on any atom is 0.210 e. The molecule has 0 aromatic carbocycles. The molecule has 102 valence electrons. The summed E-state index contributed by atoms with van der Waals surface area (Å²) in [6.45, 7) is 7.24. The predicted molar refractivity (Wildman–Crippen MR) is 71.5 cm³/mol. The van der Waals surface area contributed by atoms with Gasteiger partial charge in [-0.05, 0) is 40.5 Å². The van der Waals surface area contributed by atoms with Crippen LogP contribution in [0, 0.1) is 0 Å². The third-order valence-corrected chi connectivity index (χ3v) is 4.29. The highest BCUT2D eigenvalue weighted by atomic mass is 16.1. The van der Waals surface area contributed by atoms with Crippen molar-refractivity contribution in [3.8, 4) is 0 Å². The molecule has 0 radical (unpaired) electrons. The average Bonchev–Trinajstić information content (AvgIpc) is 2.50. The molecule has 0 spiro atoms. The third-order valence-electron chi connectivity index (χ3n) is 4.29. The van der Waals surface area contributed by atoms with Crippen molar-refractivity contribution < 1.29 is 14.4 Å². The van der Waals surface area contributed by atoms with E-state index in [2.05, 4.69) is 0 Å². The number of Topliss-reactive ketones (excluding diaryl/α,β-unsaturated/α-hetero) is 2. The second-order valence-corrected chi connectivity index (χ2v) is 5.52. The van der Waals surface area contributed by atoms with E-state index in [-0.39, 0.29) is 23.7 Å². The van der Waals surface area contributed by atoms with Gasteiger partial charge in [-0.15, -0.1) is 0 Å². The fourth-order valence-electron chi connectivity index (χ4n) is 2.94. The van der Waals surface area contributed by atoms with Crippen LogP contribution in [-0.2, 0) is 14.4 Å². The highest BCUT2D eigenvalue weighted by Gasteiger charge is 2.36. The van der Waals surface area contributed by atoms with Crippen molar-refractivity contribution in [3.63, 3.8) is 0 Å². The Morgan fingerprint density at radius 1 is 0.947 bits per heavy atom. The van der Waals surface area contributed by atoms with Gasteiger partial charge in [0, 0.05) is 34.4 Å². The number of carbonyl (C=O) groups excluding carboxylic acids is 3. The summed E-state index contributed by atoms with van der Waals surface area (Å²) in [7, 11) is 0. The van der Waals surface area contributed by atoms with E-state index < -0.39 is 0 Å². The van der Waals surface area contributed by atoms with E-state index in [1.165, 1.54) is 0 Å². The van der Waals surface area contributed by atoms with E-state index in [4.69, 9.17) is 0 Å². The lowest BCUT2D eigenvalue weighted by atomic mass is 9.82. The van der Waals surface area contributed by atoms with Gasteiger partial charge in [0.2, 0.25) is 6.41 Å². The van der Waals surface area contributed by atoms with Crippen molar-refractivity contribution in [1.29, 1.82) is 0 Å². The molecule has 2 atom stereocenters. The van der Waals surface area contributed by atoms with Crippen LogP contribution in [0.15, 0.2) is 22.3 Å². The van der Waals surface area contributed by atoms with Gasteiger partial charge in [0.1, 0.15) is 0 Å². The maximum absolute atomic E-state index is 12.3. The van der Waals surface area contributed by atoms with Crippen LogP contribution in [0.5, 0.6) is 0 Å². The highest BCUT2D eigenvalue weighted by molar-refractivity contribution is 6.24. The van der Waals surface area contributed by atoms with E-state index in [1.54, 1.807) is 18.7 Å². The lowest BCUT2D eigenvalue weighted by molar-refractivity contribution is -0.122. The summed E-state index contributed by atoms with van der Waals surface area (Å²) >= 11 is 0. The molecule has 19 heavy (non-hydrogen) atoms. The van der Waals surface area contributed by atoms with Crippen LogP contribution in [0.3, 0.4) is 0 Å². The molecule has 1 heterocycles. The monoisotopic (exact) mass is 261 g/mol. The van der Waals surface area contributed by atoms with Crippen LogP contribution in [-0.4, -0.2) is 35.0 Å². The average molecular weight is 261 g/mol. The molecule has 2 aliphatic rings. The largest absolute Gasteiger partial charge is 0.339 e. The quantitative estimate of drug-likeness (QED) is 0.534. The molecule has 1 amide bonds. The van der Waals surface area contributed by atoms with Gasteiger partial charge < -0.3 is 4.90 Å². The normalized spacial score (nSPS) is 28.5.